The molecule has 1 atom stereocenters. The van der Waals surface area contributed by atoms with Gasteiger partial charge in [0.25, 0.3) is 0 Å². The second-order valence-corrected chi connectivity index (χ2v) is 13.4. The summed E-state index contributed by atoms with van der Waals surface area (Å²) >= 11 is 1.38. The largest absolute Gasteiger partial charge is 0.481 e. The molecule has 1 N–H and O–H groups in total. The summed E-state index contributed by atoms with van der Waals surface area (Å²) in [5.41, 5.74) is -5.65. The molecule has 12 heteroatoms. The third-order valence-electron chi connectivity index (χ3n) is 8.41. The van der Waals surface area contributed by atoms with Crippen LogP contribution in [0.5, 0.6) is 0 Å². The van der Waals surface area contributed by atoms with Crippen molar-refractivity contribution in [1.82, 2.24) is 4.90 Å². The van der Waals surface area contributed by atoms with E-state index in [1.54, 1.807) is 4.90 Å². The molecule has 2 fully saturated rings. The minimum absolute atomic E-state index is 0.141. The van der Waals surface area contributed by atoms with Crippen molar-refractivity contribution >= 4 is 23.6 Å². The quantitative estimate of drug-likeness (QED) is 0.297. The van der Waals surface area contributed by atoms with Crippen LogP contribution in [-0.2, 0) is 26.4 Å². The smallest absolute Gasteiger partial charge is 0.435 e. The van der Waals surface area contributed by atoms with E-state index in [4.69, 9.17) is 0 Å². The van der Waals surface area contributed by atoms with Gasteiger partial charge in [0.1, 0.15) is 0 Å². The van der Waals surface area contributed by atoms with Gasteiger partial charge in [0.2, 0.25) is 5.91 Å². The highest BCUT2D eigenvalue weighted by atomic mass is 32.2. The summed E-state index contributed by atoms with van der Waals surface area (Å²) in [5, 5.41) is 9.29. The van der Waals surface area contributed by atoms with Gasteiger partial charge in [-0.1, -0.05) is 50.2 Å². The molecule has 1 saturated heterocycles. The number of hydrogen-bond donors (Lipinski definition) is 1. The molecule has 2 aromatic carbocycles. The van der Waals surface area contributed by atoms with E-state index >= 15 is 0 Å². The van der Waals surface area contributed by atoms with Gasteiger partial charge in [0, 0.05) is 29.5 Å². The number of halogens is 7. The molecule has 1 unspecified atom stereocenters. The maximum absolute atomic E-state index is 14.7. The number of carboxylic acids is 1. The zero-order valence-electron chi connectivity index (χ0n) is 23.8. The molecule has 2 aromatic rings. The molecule has 1 aliphatic heterocycles. The SMILES string of the molecule is CC(C)Cc1cccc(SC2(c3ccc(C(F)(C(F)(F)F)C(F)(F)F)cc3)CCN(C(=O)C3CCC(C(=O)O)CC3)C2)c1. The van der Waals surface area contributed by atoms with E-state index in [0.29, 0.717) is 62.3 Å². The average Bonchev–Trinajstić information content (AvgIpc) is 3.36. The van der Waals surface area contributed by atoms with Gasteiger partial charge in [-0.25, -0.2) is 4.39 Å². The van der Waals surface area contributed by atoms with E-state index in [9.17, 15) is 45.4 Å². The van der Waals surface area contributed by atoms with Crippen molar-refractivity contribution in [2.24, 2.45) is 17.8 Å². The van der Waals surface area contributed by atoms with E-state index in [-0.39, 0.29) is 18.4 Å². The minimum atomic E-state index is -6.22. The highest BCUT2D eigenvalue weighted by Gasteiger charge is 2.73. The van der Waals surface area contributed by atoms with Crippen molar-refractivity contribution in [3.8, 4) is 0 Å². The van der Waals surface area contributed by atoms with Crippen LogP contribution in [0.4, 0.5) is 30.7 Å². The van der Waals surface area contributed by atoms with E-state index in [2.05, 4.69) is 13.8 Å². The minimum Gasteiger partial charge on any atom is -0.481 e. The molecule has 0 bridgehead atoms. The number of nitrogens with zero attached hydrogens (tertiary/aromatic N) is 1. The zero-order chi connectivity index (χ0) is 31.8. The lowest BCUT2D eigenvalue weighted by Crippen LogP contribution is -2.50. The fourth-order valence-corrected chi connectivity index (χ4v) is 7.59. The fourth-order valence-electron chi connectivity index (χ4n) is 6.12. The third kappa shape index (κ3) is 6.83. The standard InChI is InChI=1S/C31H34F7NO3S/c1-19(2)16-20-4-3-5-25(17-20)43-28(14-15-39(18-28)26(40)21-6-8-22(9-7-21)27(41)42)23-10-12-24(13-11-23)29(32,30(33,34)35)31(36,37)38/h3-5,10-13,17,19,21-22H,6-9,14-16,18H2,1-2H3,(H,41,42). The summed E-state index contributed by atoms with van der Waals surface area (Å²) < 4.78 is 94.2. The summed E-state index contributed by atoms with van der Waals surface area (Å²) in [6, 6.07) is 11.0. The molecule has 2 aliphatic rings. The van der Waals surface area contributed by atoms with Crippen molar-refractivity contribution in [2.75, 3.05) is 13.1 Å². The molecule has 4 nitrogen and oxygen atoms in total. The summed E-state index contributed by atoms with van der Waals surface area (Å²) in [6.45, 7) is 4.58. The Morgan fingerprint density at radius 3 is 2.05 bits per heavy atom. The van der Waals surface area contributed by atoms with Crippen LogP contribution >= 0.6 is 11.8 Å². The van der Waals surface area contributed by atoms with E-state index in [1.807, 2.05) is 24.3 Å². The Morgan fingerprint density at radius 1 is 0.930 bits per heavy atom. The van der Waals surface area contributed by atoms with Gasteiger partial charge in [0.15, 0.2) is 0 Å². The van der Waals surface area contributed by atoms with Crippen LogP contribution in [0.3, 0.4) is 0 Å². The molecule has 0 radical (unpaired) electrons. The van der Waals surface area contributed by atoms with Gasteiger partial charge in [-0.05, 0) is 67.7 Å². The Bertz CT molecular complexity index is 1290. The second-order valence-electron chi connectivity index (χ2n) is 12.0. The number of hydrogen-bond acceptors (Lipinski definition) is 3. The number of thioether (sulfide) groups is 1. The molecule has 1 saturated carbocycles. The Morgan fingerprint density at radius 2 is 1.51 bits per heavy atom. The van der Waals surface area contributed by atoms with Crippen molar-refractivity contribution in [3.63, 3.8) is 0 Å². The monoisotopic (exact) mass is 633 g/mol. The highest BCUT2D eigenvalue weighted by Crippen LogP contribution is 2.54. The van der Waals surface area contributed by atoms with Crippen LogP contribution in [0.1, 0.15) is 62.6 Å². The summed E-state index contributed by atoms with van der Waals surface area (Å²) in [5.74, 6) is -1.52. The Balaban J connectivity index is 1.67. The molecule has 1 heterocycles. The molecule has 43 heavy (non-hydrogen) atoms. The topological polar surface area (TPSA) is 57.6 Å². The van der Waals surface area contributed by atoms with Gasteiger partial charge < -0.3 is 10.0 Å². The predicted octanol–water partition coefficient (Wildman–Crippen LogP) is 8.29. The normalized spacial score (nSPS) is 23.5. The van der Waals surface area contributed by atoms with Crippen LogP contribution in [0, 0.1) is 17.8 Å². The molecule has 0 aromatic heterocycles. The number of rotatable bonds is 8. The van der Waals surface area contributed by atoms with Gasteiger partial charge in [-0.3, -0.25) is 9.59 Å². The van der Waals surface area contributed by atoms with Crippen LogP contribution in [0.2, 0.25) is 0 Å². The molecule has 1 amide bonds. The Labute approximate surface area is 250 Å². The lowest BCUT2D eigenvalue weighted by atomic mass is 9.81. The molecular formula is C31H34F7NO3S. The van der Waals surface area contributed by atoms with Crippen molar-refractivity contribution in [1.29, 1.82) is 0 Å². The van der Waals surface area contributed by atoms with Gasteiger partial charge in [0.05, 0.1) is 10.7 Å². The van der Waals surface area contributed by atoms with E-state index in [0.717, 1.165) is 29.0 Å². The summed E-state index contributed by atoms with van der Waals surface area (Å²) in [7, 11) is 0. The lowest BCUT2D eigenvalue weighted by Gasteiger charge is -2.33. The van der Waals surface area contributed by atoms with E-state index in [1.165, 1.54) is 11.8 Å². The van der Waals surface area contributed by atoms with Crippen LogP contribution in [-0.4, -0.2) is 47.3 Å². The van der Waals surface area contributed by atoms with Gasteiger partial charge >= 0.3 is 24.0 Å². The number of carbonyl (C=O) groups is 2. The fraction of sp³-hybridized carbons (Fsp3) is 0.548. The zero-order valence-corrected chi connectivity index (χ0v) is 24.6. The molecular weight excluding hydrogens is 599 g/mol. The first-order chi connectivity index (χ1) is 20.0. The molecule has 236 valence electrons. The van der Waals surface area contributed by atoms with Crippen molar-refractivity contribution in [3.05, 3.63) is 65.2 Å². The van der Waals surface area contributed by atoms with E-state index < -0.39 is 40.2 Å². The lowest BCUT2D eigenvalue weighted by molar-refractivity contribution is -0.348. The van der Waals surface area contributed by atoms with Crippen LogP contribution in [0.25, 0.3) is 0 Å². The Kier molecular flexibility index (Phi) is 9.50. The van der Waals surface area contributed by atoms with Gasteiger partial charge in [-0.2, -0.15) is 26.3 Å². The van der Waals surface area contributed by atoms with Crippen molar-refractivity contribution in [2.45, 2.75) is 80.0 Å². The number of carbonyl (C=O) groups excluding carboxylic acids is 1. The number of carboxylic acid groups (broad SMARTS) is 1. The highest BCUT2D eigenvalue weighted by molar-refractivity contribution is 8.00. The second kappa shape index (κ2) is 12.3. The first-order valence-corrected chi connectivity index (χ1v) is 15.0. The number of benzene rings is 2. The Hall–Kier alpha value is -2.76. The van der Waals surface area contributed by atoms with Crippen molar-refractivity contribution < 1.29 is 45.4 Å². The average molecular weight is 634 g/mol. The molecule has 0 spiro atoms. The number of aliphatic carboxylic acids is 1. The number of alkyl halides is 7. The third-order valence-corrected chi connectivity index (χ3v) is 9.86. The number of amides is 1. The van der Waals surface area contributed by atoms with Gasteiger partial charge in [-0.15, -0.1) is 11.8 Å². The first kappa shape index (κ1) is 33.1. The summed E-state index contributed by atoms with van der Waals surface area (Å²) in [4.78, 5) is 27.3. The first-order valence-electron chi connectivity index (χ1n) is 14.2. The maximum Gasteiger partial charge on any atom is 0.435 e. The molecule has 4 rings (SSSR count). The summed E-state index contributed by atoms with van der Waals surface area (Å²) in [6.07, 6.45) is -9.66. The number of likely N-dealkylation sites (tertiary alicyclic amines) is 1. The maximum atomic E-state index is 14.7. The molecule has 1 aliphatic carbocycles. The van der Waals surface area contributed by atoms with Crippen LogP contribution < -0.4 is 0 Å². The predicted molar refractivity (Wildman–Crippen MR) is 148 cm³/mol. The van der Waals surface area contributed by atoms with Crippen LogP contribution in [0.15, 0.2) is 53.4 Å².